The van der Waals surface area contributed by atoms with Crippen LogP contribution in [-0.4, -0.2) is 37.3 Å². The second-order valence-corrected chi connectivity index (χ2v) is 7.78. The van der Waals surface area contributed by atoms with Crippen molar-refractivity contribution in [2.75, 3.05) is 18.5 Å². The Kier molecular flexibility index (Phi) is 7.46. The van der Waals surface area contributed by atoms with Gasteiger partial charge < -0.3 is 19.5 Å². The highest BCUT2D eigenvalue weighted by Crippen LogP contribution is 2.19. The summed E-state index contributed by atoms with van der Waals surface area (Å²) in [6, 6.07) is 14.3. The number of carbonyl (C=O) groups is 2. The molecule has 0 aromatic heterocycles. The number of nitrogens with one attached hydrogen (secondary N) is 1. The average molecular weight is 411 g/mol. The van der Waals surface area contributed by atoms with E-state index in [0.29, 0.717) is 29.5 Å². The zero-order valence-electron chi connectivity index (χ0n) is 17.7. The normalized spacial score (nSPS) is 16.9. The summed E-state index contributed by atoms with van der Waals surface area (Å²) < 4.78 is 16.5. The number of hydrogen-bond acceptors (Lipinski definition) is 5. The number of ether oxygens (including phenoxy) is 3. The van der Waals surface area contributed by atoms with Crippen molar-refractivity contribution in [2.45, 2.75) is 51.7 Å². The SMILES string of the molecule is CC(OC(=O)c1ccc(OCC2CCCO2)cc1)C(=O)Nc1ccc(C(C)C)cc1. The van der Waals surface area contributed by atoms with E-state index < -0.39 is 12.1 Å². The van der Waals surface area contributed by atoms with Gasteiger partial charge in [-0.15, -0.1) is 0 Å². The molecule has 0 aliphatic carbocycles. The van der Waals surface area contributed by atoms with Gasteiger partial charge in [-0.05, 0) is 67.6 Å². The van der Waals surface area contributed by atoms with Crippen LogP contribution in [-0.2, 0) is 14.3 Å². The Morgan fingerprint density at radius 2 is 1.77 bits per heavy atom. The molecule has 2 unspecified atom stereocenters. The maximum absolute atomic E-state index is 12.3. The fraction of sp³-hybridized carbons (Fsp3) is 0.417. The fourth-order valence-electron chi connectivity index (χ4n) is 3.13. The van der Waals surface area contributed by atoms with Crippen molar-refractivity contribution in [1.29, 1.82) is 0 Å². The monoisotopic (exact) mass is 411 g/mol. The molecule has 0 radical (unpaired) electrons. The van der Waals surface area contributed by atoms with Crippen LogP contribution in [0.4, 0.5) is 5.69 Å². The lowest BCUT2D eigenvalue weighted by Gasteiger charge is -2.15. The molecular formula is C24H29NO5. The number of rotatable bonds is 8. The lowest BCUT2D eigenvalue weighted by atomic mass is 10.0. The Morgan fingerprint density at radius 1 is 1.07 bits per heavy atom. The molecule has 6 heteroatoms. The minimum absolute atomic E-state index is 0.135. The molecule has 1 N–H and O–H groups in total. The van der Waals surface area contributed by atoms with Gasteiger partial charge in [0, 0.05) is 12.3 Å². The highest BCUT2D eigenvalue weighted by atomic mass is 16.5. The van der Waals surface area contributed by atoms with Crippen LogP contribution in [0.5, 0.6) is 5.75 Å². The first-order chi connectivity index (χ1) is 14.4. The van der Waals surface area contributed by atoms with Gasteiger partial charge in [0.1, 0.15) is 12.4 Å². The molecule has 0 bridgehead atoms. The first-order valence-electron chi connectivity index (χ1n) is 10.4. The van der Waals surface area contributed by atoms with E-state index in [1.165, 1.54) is 5.56 Å². The van der Waals surface area contributed by atoms with Crippen LogP contribution < -0.4 is 10.1 Å². The third-order valence-electron chi connectivity index (χ3n) is 5.05. The van der Waals surface area contributed by atoms with Crippen molar-refractivity contribution < 1.29 is 23.8 Å². The molecule has 2 aromatic rings. The fourth-order valence-corrected chi connectivity index (χ4v) is 3.13. The van der Waals surface area contributed by atoms with Gasteiger partial charge >= 0.3 is 5.97 Å². The number of amides is 1. The molecule has 1 aliphatic rings. The van der Waals surface area contributed by atoms with Gasteiger partial charge in [-0.25, -0.2) is 4.79 Å². The highest BCUT2D eigenvalue weighted by Gasteiger charge is 2.20. The number of carbonyl (C=O) groups excluding carboxylic acids is 2. The molecule has 1 aliphatic heterocycles. The van der Waals surface area contributed by atoms with Crippen molar-refractivity contribution in [2.24, 2.45) is 0 Å². The Bertz CT molecular complexity index is 839. The van der Waals surface area contributed by atoms with Crippen LogP contribution in [0.2, 0.25) is 0 Å². The predicted octanol–water partition coefficient (Wildman–Crippen LogP) is 4.55. The average Bonchev–Trinajstić information content (AvgIpc) is 3.26. The quantitative estimate of drug-likeness (QED) is 0.645. The molecule has 1 amide bonds. The number of hydrogen-bond donors (Lipinski definition) is 1. The van der Waals surface area contributed by atoms with Crippen LogP contribution >= 0.6 is 0 Å². The van der Waals surface area contributed by atoms with Crippen LogP contribution in [0, 0.1) is 0 Å². The summed E-state index contributed by atoms with van der Waals surface area (Å²) in [4.78, 5) is 24.7. The predicted molar refractivity (Wildman–Crippen MR) is 115 cm³/mol. The van der Waals surface area contributed by atoms with Gasteiger partial charge in [-0.2, -0.15) is 0 Å². The summed E-state index contributed by atoms with van der Waals surface area (Å²) in [7, 11) is 0. The summed E-state index contributed by atoms with van der Waals surface area (Å²) in [5.74, 6) is 0.149. The largest absolute Gasteiger partial charge is 0.491 e. The van der Waals surface area contributed by atoms with Gasteiger partial charge in [0.05, 0.1) is 11.7 Å². The Labute approximate surface area is 177 Å². The summed E-state index contributed by atoms with van der Waals surface area (Å²) in [6.07, 6.45) is 1.29. The minimum Gasteiger partial charge on any atom is -0.491 e. The lowest BCUT2D eigenvalue weighted by molar-refractivity contribution is -0.123. The van der Waals surface area contributed by atoms with Crippen molar-refractivity contribution in [3.05, 3.63) is 59.7 Å². The van der Waals surface area contributed by atoms with E-state index in [-0.39, 0.29) is 12.0 Å². The Balaban J connectivity index is 1.48. The molecule has 0 spiro atoms. The van der Waals surface area contributed by atoms with Gasteiger partial charge in [0.15, 0.2) is 6.10 Å². The maximum Gasteiger partial charge on any atom is 0.338 e. The molecular weight excluding hydrogens is 382 g/mol. The third kappa shape index (κ3) is 6.07. The third-order valence-corrected chi connectivity index (χ3v) is 5.05. The van der Waals surface area contributed by atoms with Crippen LogP contribution in [0.25, 0.3) is 0 Å². The van der Waals surface area contributed by atoms with Gasteiger partial charge in [-0.1, -0.05) is 26.0 Å². The molecule has 6 nitrogen and oxygen atoms in total. The van der Waals surface area contributed by atoms with Gasteiger partial charge in [0.2, 0.25) is 0 Å². The van der Waals surface area contributed by atoms with Crippen molar-refractivity contribution in [3.63, 3.8) is 0 Å². The Morgan fingerprint density at radius 3 is 2.37 bits per heavy atom. The van der Waals surface area contributed by atoms with Crippen molar-refractivity contribution in [3.8, 4) is 5.75 Å². The van der Waals surface area contributed by atoms with E-state index in [4.69, 9.17) is 14.2 Å². The van der Waals surface area contributed by atoms with E-state index in [9.17, 15) is 9.59 Å². The Hall–Kier alpha value is -2.86. The molecule has 30 heavy (non-hydrogen) atoms. The smallest absolute Gasteiger partial charge is 0.338 e. The van der Waals surface area contributed by atoms with Crippen LogP contribution in [0.1, 0.15) is 55.5 Å². The second kappa shape index (κ2) is 10.3. The first-order valence-corrected chi connectivity index (χ1v) is 10.4. The molecule has 3 rings (SSSR count). The highest BCUT2D eigenvalue weighted by molar-refractivity contribution is 5.97. The molecule has 0 saturated carbocycles. The van der Waals surface area contributed by atoms with Crippen molar-refractivity contribution in [1.82, 2.24) is 0 Å². The van der Waals surface area contributed by atoms with Crippen molar-refractivity contribution >= 4 is 17.6 Å². The number of anilines is 1. The molecule has 1 saturated heterocycles. The lowest BCUT2D eigenvalue weighted by Crippen LogP contribution is -2.30. The van der Waals surface area contributed by atoms with Crippen LogP contribution in [0.3, 0.4) is 0 Å². The molecule has 160 valence electrons. The first kappa shape index (κ1) is 21.8. The molecule has 1 fully saturated rings. The van der Waals surface area contributed by atoms with E-state index in [0.717, 1.165) is 19.4 Å². The summed E-state index contributed by atoms with van der Waals surface area (Å²) in [6.45, 7) is 7.05. The second-order valence-electron chi connectivity index (χ2n) is 7.78. The molecule has 2 atom stereocenters. The van der Waals surface area contributed by atoms with E-state index in [2.05, 4.69) is 19.2 Å². The summed E-state index contributed by atoms with van der Waals surface area (Å²) in [5, 5.41) is 2.77. The number of esters is 1. The topological polar surface area (TPSA) is 73.9 Å². The van der Waals surface area contributed by atoms with Gasteiger partial charge in [-0.3, -0.25) is 4.79 Å². The molecule has 1 heterocycles. The van der Waals surface area contributed by atoms with E-state index in [1.54, 1.807) is 31.2 Å². The van der Waals surface area contributed by atoms with E-state index >= 15 is 0 Å². The summed E-state index contributed by atoms with van der Waals surface area (Å²) in [5.41, 5.74) is 2.22. The minimum atomic E-state index is -0.919. The molecule has 2 aromatic carbocycles. The maximum atomic E-state index is 12.3. The number of benzene rings is 2. The zero-order chi connectivity index (χ0) is 21.5. The van der Waals surface area contributed by atoms with E-state index in [1.807, 2.05) is 24.3 Å². The van der Waals surface area contributed by atoms with Gasteiger partial charge in [0.25, 0.3) is 5.91 Å². The standard InChI is InChI=1S/C24H29NO5/c1-16(2)18-6-10-20(11-7-18)25-23(26)17(3)30-24(27)19-8-12-21(13-9-19)29-15-22-5-4-14-28-22/h6-13,16-17,22H,4-5,14-15H2,1-3H3,(H,25,26). The summed E-state index contributed by atoms with van der Waals surface area (Å²) >= 11 is 0. The van der Waals surface area contributed by atoms with Crippen LogP contribution in [0.15, 0.2) is 48.5 Å². The zero-order valence-corrected chi connectivity index (χ0v) is 17.7.